The molecule has 0 unspecified atom stereocenters. The van der Waals surface area contributed by atoms with Crippen molar-refractivity contribution < 1.29 is 28.7 Å². The smallest absolute Gasteiger partial charge is 0.407 e. The van der Waals surface area contributed by atoms with Crippen LogP contribution in [0.15, 0.2) is 97.3 Å². The summed E-state index contributed by atoms with van der Waals surface area (Å²) in [6, 6.07) is 23.1. The van der Waals surface area contributed by atoms with E-state index in [4.69, 9.17) is 19.4 Å². The lowest BCUT2D eigenvalue weighted by Crippen LogP contribution is -2.51. The second kappa shape index (κ2) is 19.4. The Morgan fingerprint density at radius 3 is 1.94 bits per heavy atom. The van der Waals surface area contributed by atoms with E-state index in [1.54, 1.807) is 0 Å². The van der Waals surface area contributed by atoms with Gasteiger partial charge in [0.15, 0.2) is 0 Å². The first-order valence-electron chi connectivity index (χ1n) is 22.5. The Kier molecular flexibility index (Phi) is 13.3. The maximum atomic E-state index is 14.2. The normalized spacial score (nSPS) is 19.1. The lowest BCUT2D eigenvalue weighted by Gasteiger charge is -2.30. The van der Waals surface area contributed by atoms with Crippen LogP contribution in [0.2, 0.25) is 0 Å². The number of ether oxygens (including phenoxy) is 2. The Hall–Kier alpha value is -6.96. The highest BCUT2D eigenvalue weighted by molar-refractivity contribution is 5.90. The van der Waals surface area contributed by atoms with Crippen LogP contribution in [0.4, 0.5) is 9.59 Å². The van der Waals surface area contributed by atoms with Crippen molar-refractivity contribution in [2.45, 2.75) is 83.5 Å². The summed E-state index contributed by atoms with van der Waals surface area (Å²) >= 11 is 0. The fourth-order valence-corrected chi connectivity index (χ4v) is 9.32. The Bertz CT molecular complexity index is 2580. The van der Waals surface area contributed by atoms with E-state index >= 15 is 0 Å². The number of benzene rings is 3. The Labute approximate surface area is 379 Å². The number of hydrogen-bond acceptors (Lipinski definition) is 8. The predicted octanol–water partition coefficient (Wildman–Crippen LogP) is 8.60. The maximum Gasteiger partial charge on any atom is 0.407 e. The van der Waals surface area contributed by atoms with Gasteiger partial charge >= 0.3 is 12.2 Å². The number of carbonyl (C=O) groups is 4. The first-order chi connectivity index (χ1) is 31.4. The van der Waals surface area contributed by atoms with Crippen LogP contribution in [-0.4, -0.2) is 93.1 Å². The standard InChI is InChI=1S/C51H58N8O6/c1-30(2)44(56-50(62)64-5)48(60)58-23-11-16-42(58)46-52-28-41(55-46)38-22-21-37-24-35(14-10-15-36(37)25-38)33-17-19-34(20-18-33)40-27-53-47(54-40)43-26-39(32-12-8-7-9-13-32)29-59(43)49(61)45(31(3)4)57-51(63)65-6/h7-10,12-14,17-22,24-25,27-28,30-31,39,42-45H,11,15-16,23,26,29H2,1-6H3,(H,52,55)(H,53,54)(H,56,62)(H,57,63)/t39-,42-,43-,44-,45-/m0/s1. The number of hydrogen-bond donors (Lipinski definition) is 4. The summed E-state index contributed by atoms with van der Waals surface area (Å²) < 4.78 is 9.64. The van der Waals surface area contributed by atoms with Crippen molar-refractivity contribution in [1.29, 1.82) is 0 Å². The van der Waals surface area contributed by atoms with Crippen LogP contribution < -0.4 is 10.6 Å². The number of amides is 4. The van der Waals surface area contributed by atoms with Gasteiger partial charge in [0, 0.05) is 19.0 Å². The molecule has 8 rings (SSSR count). The third-order valence-corrected chi connectivity index (χ3v) is 12.9. The quantitative estimate of drug-likeness (QED) is 0.0964. The van der Waals surface area contributed by atoms with E-state index in [1.807, 2.05) is 68.1 Å². The highest BCUT2D eigenvalue weighted by Crippen LogP contribution is 2.41. The third-order valence-electron chi connectivity index (χ3n) is 12.9. The first-order valence-corrected chi connectivity index (χ1v) is 22.5. The summed E-state index contributed by atoms with van der Waals surface area (Å²) in [4.78, 5) is 72.4. The molecule has 1 aliphatic carbocycles. The number of aromatic nitrogens is 4. The van der Waals surface area contributed by atoms with Crippen molar-refractivity contribution in [3.63, 3.8) is 0 Å². The van der Waals surface area contributed by atoms with E-state index < -0.39 is 24.3 Å². The zero-order valence-electron chi connectivity index (χ0n) is 37.8. The first kappa shape index (κ1) is 44.6. The second-order valence-electron chi connectivity index (χ2n) is 17.8. The van der Waals surface area contributed by atoms with Crippen LogP contribution in [0.25, 0.3) is 34.2 Å². The molecule has 5 aromatic rings. The molecule has 14 heteroatoms. The van der Waals surface area contributed by atoms with Crippen LogP contribution in [0.5, 0.6) is 0 Å². The van der Waals surface area contributed by atoms with Gasteiger partial charge in [-0.1, -0.05) is 107 Å². The summed E-state index contributed by atoms with van der Waals surface area (Å²) in [6.45, 7) is 8.74. The number of rotatable bonds is 12. The van der Waals surface area contributed by atoms with Crippen LogP contribution in [0.3, 0.4) is 0 Å². The van der Waals surface area contributed by atoms with E-state index in [1.165, 1.54) is 19.8 Å². The highest BCUT2D eigenvalue weighted by Gasteiger charge is 2.42. The van der Waals surface area contributed by atoms with Crippen LogP contribution in [-0.2, 0) is 25.5 Å². The van der Waals surface area contributed by atoms with Gasteiger partial charge in [0.2, 0.25) is 11.8 Å². The number of alkyl carbamates (subject to hydrolysis) is 2. The highest BCUT2D eigenvalue weighted by atomic mass is 16.5. The molecule has 3 aliphatic rings. The van der Waals surface area contributed by atoms with Gasteiger partial charge < -0.3 is 39.9 Å². The zero-order valence-corrected chi connectivity index (χ0v) is 37.8. The third kappa shape index (κ3) is 9.62. The van der Waals surface area contributed by atoms with Gasteiger partial charge in [0.1, 0.15) is 23.7 Å². The summed E-state index contributed by atoms with van der Waals surface area (Å²) in [6.07, 6.45) is 12.0. The minimum absolute atomic E-state index is 0.106. The molecule has 2 fully saturated rings. The number of likely N-dealkylation sites (tertiary alicyclic amines) is 2. The molecule has 4 amide bonds. The van der Waals surface area contributed by atoms with Gasteiger partial charge in [0.05, 0.1) is 50.1 Å². The average molecular weight is 879 g/mol. The van der Waals surface area contributed by atoms with E-state index in [-0.39, 0.29) is 41.7 Å². The monoisotopic (exact) mass is 878 g/mol. The number of aromatic amines is 2. The van der Waals surface area contributed by atoms with Gasteiger partial charge in [-0.2, -0.15) is 0 Å². The predicted molar refractivity (Wildman–Crippen MR) is 249 cm³/mol. The van der Waals surface area contributed by atoms with Crippen molar-refractivity contribution in [1.82, 2.24) is 40.4 Å². The molecule has 2 saturated heterocycles. The number of H-pyrrole nitrogens is 2. The van der Waals surface area contributed by atoms with Crippen LogP contribution in [0, 0.1) is 11.8 Å². The number of methoxy groups -OCH3 is 2. The number of imidazole rings is 2. The van der Waals surface area contributed by atoms with Gasteiger partial charge in [-0.25, -0.2) is 19.6 Å². The second-order valence-corrected chi connectivity index (χ2v) is 17.8. The lowest BCUT2D eigenvalue weighted by molar-refractivity contribution is -0.136. The van der Waals surface area contributed by atoms with Crippen molar-refractivity contribution in [3.05, 3.63) is 131 Å². The molecule has 5 atom stereocenters. The Balaban J connectivity index is 0.973. The molecule has 65 heavy (non-hydrogen) atoms. The SMILES string of the molecule is COC(=O)N[C@H](C(=O)N1CCC[C@H]1c1ncc(-c2ccc3c(c2)CC=CC(c2ccc(-c4cnc([C@@H]5C[C@H](c6ccccc6)CN5C(=O)[C@@H](NC(=O)OC)C(C)C)[nH]4)cc2)=C3)[nH]1)C(C)C. The van der Waals surface area contributed by atoms with Gasteiger partial charge in [-0.3, -0.25) is 9.59 Å². The van der Waals surface area contributed by atoms with Gasteiger partial charge in [-0.15, -0.1) is 0 Å². The van der Waals surface area contributed by atoms with E-state index in [0.29, 0.717) is 25.3 Å². The number of nitrogens with one attached hydrogen (secondary N) is 4. The number of allylic oxidation sites excluding steroid dienone is 3. The largest absolute Gasteiger partial charge is 0.453 e. The van der Waals surface area contributed by atoms with E-state index in [9.17, 15) is 19.2 Å². The molecule has 3 aromatic carbocycles. The van der Waals surface area contributed by atoms with Crippen LogP contribution in [0.1, 0.15) is 98.9 Å². The summed E-state index contributed by atoms with van der Waals surface area (Å²) in [5.41, 5.74) is 9.36. The van der Waals surface area contributed by atoms with Crippen LogP contribution >= 0.6 is 0 Å². The molecule has 0 saturated carbocycles. The molecule has 14 nitrogen and oxygen atoms in total. The van der Waals surface area contributed by atoms with Crippen molar-refractivity contribution >= 4 is 35.6 Å². The van der Waals surface area contributed by atoms with Gasteiger partial charge in [0.25, 0.3) is 0 Å². The molecule has 0 bridgehead atoms. The minimum atomic E-state index is -0.746. The fraction of sp³-hybridized carbons (Fsp3) is 0.373. The number of fused-ring (bicyclic) bond motifs is 1. The lowest BCUT2D eigenvalue weighted by atomic mass is 9.96. The molecular formula is C51H58N8O6. The fourth-order valence-electron chi connectivity index (χ4n) is 9.32. The number of nitrogens with zero attached hydrogens (tertiary/aromatic N) is 4. The Morgan fingerprint density at radius 1 is 0.723 bits per heavy atom. The molecule has 4 N–H and O–H groups in total. The topological polar surface area (TPSA) is 175 Å². The van der Waals surface area contributed by atoms with Crippen molar-refractivity contribution in [2.75, 3.05) is 27.3 Å². The van der Waals surface area contributed by atoms with E-state index in [2.05, 4.69) is 93.4 Å². The zero-order chi connectivity index (χ0) is 45.8. The molecular weight excluding hydrogens is 821 g/mol. The number of carbonyl (C=O) groups excluding carboxylic acids is 4. The minimum Gasteiger partial charge on any atom is -0.453 e. The van der Waals surface area contributed by atoms with E-state index in [0.717, 1.165) is 69.9 Å². The summed E-state index contributed by atoms with van der Waals surface area (Å²) in [7, 11) is 2.59. The van der Waals surface area contributed by atoms with Crippen molar-refractivity contribution in [2.24, 2.45) is 11.8 Å². The molecule has 338 valence electrons. The molecule has 4 heterocycles. The Morgan fingerprint density at radius 2 is 1.31 bits per heavy atom. The maximum absolute atomic E-state index is 14.2. The van der Waals surface area contributed by atoms with Crippen molar-refractivity contribution in [3.8, 4) is 22.5 Å². The summed E-state index contributed by atoms with van der Waals surface area (Å²) in [5, 5.41) is 5.47. The summed E-state index contributed by atoms with van der Waals surface area (Å²) in [5.74, 6) is 0.978. The molecule has 0 radical (unpaired) electrons. The molecule has 0 spiro atoms. The molecule has 2 aromatic heterocycles. The average Bonchev–Trinajstić information content (AvgIpc) is 4.16. The van der Waals surface area contributed by atoms with Gasteiger partial charge in [-0.05, 0) is 88.6 Å². The molecule has 2 aliphatic heterocycles.